The molecule has 0 aromatic heterocycles. The summed E-state index contributed by atoms with van der Waals surface area (Å²) in [6.45, 7) is 4.01. The Morgan fingerprint density at radius 3 is 2.37 bits per heavy atom. The van der Waals surface area contributed by atoms with Gasteiger partial charge < -0.3 is 5.11 Å². The van der Waals surface area contributed by atoms with Crippen molar-refractivity contribution in [2.24, 2.45) is 0 Å². The summed E-state index contributed by atoms with van der Waals surface area (Å²) < 4.78 is 0. The number of hydrogen-bond acceptors (Lipinski definition) is 1. The van der Waals surface area contributed by atoms with Crippen LogP contribution in [0.25, 0.3) is 0 Å². The Balaban J connectivity index is 2.33. The van der Waals surface area contributed by atoms with E-state index < -0.39 is 5.60 Å². The van der Waals surface area contributed by atoms with Crippen molar-refractivity contribution in [3.8, 4) is 0 Å². The van der Waals surface area contributed by atoms with Crippen LogP contribution in [0.2, 0.25) is 5.02 Å². The average Bonchev–Trinajstić information content (AvgIpc) is 2.43. The fraction of sp³-hybridized carbons (Fsp3) is 0.294. The van der Waals surface area contributed by atoms with Crippen molar-refractivity contribution < 1.29 is 5.11 Å². The molecule has 0 aliphatic heterocycles. The molecule has 0 radical (unpaired) electrons. The second-order valence-electron chi connectivity index (χ2n) is 5.02. The Hall–Kier alpha value is -1.31. The first-order valence-electron chi connectivity index (χ1n) is 6.58. The molecule has 19 heavy (non-hydrogen) atoms. The predicted octanol–water partition coefficient (Wildman–Crippen LogP) is 4.49. The Bertz CT molecular complexity index is 550. The normalized spacial score (nSPS) is 14.1. The molecule has 0 aliphatic rings. The lowest BCUT2D eigenvalue weighted by Gasteiger charge is -2.28. The van der Waals surface area contributed by atoms with Gasteiger partial charge in [-0.05, 0) is 36.1 Å². The number of aryl methyl sites for hydroxylation is 1. The molecule has 0 amide bonds. The standard InChI is InChI=1S/C17H19ClO/c1-3-17(19,15-7-5-4-6-8-15)12-14-10-9-13(2)11-16(14)18/h4-11,19H,3,12H2,1-2H3. The summed E-state index contributed by atoms with van der Waals surface area (Å²) in [5.74, 6) is 0. The smallest absolute Gasteiger partial charge is 0.0934 e. The zero-order valence-electron chi connectivity index (χ0n) is 11.4. The van der Waals surface area contributed by atoms with E-state index in [0.29, 0.717) is 12.8 Å². The van der Waals surface area contributed by atoms with Gasteiger partial charge in [0.15, 0.2) is 0 Å². The van der Waals surface area contributed by atoms with Gasteiger partial charge >= 0.3 is 0 Å². The third kappa shape index (κ3) is 3.17. The molecule has 2 aromatic carbocycles. The third-order valence-corrected chi connectivity index (χ3v) is 3.94. The predicted molar refractivity (Wildman–Crippen MR) is 80.5 cm³/mol. The van der Waals surface area contributed by atoms with Gasteiger partial charge in [-0.1, -0.05) is 61.0 Å². The van der Waals surface area contributed by atoms with Gasteiger partial charge in [-0.15, -0.1) is 0 Å². The topological polar surface area (TPSA) is 20.2 Å². The van der Waals surface area contributed by atoms with E-state index in [2.05, 4.69) is 0 Å². The highest BCUT2D eigenvalue weighted by atomic mass is 35.5. The molecule has 100 valence electrons. The minimum atomic E-state index is -0.861. The highest BCUT2D eigenvalue weighted by Crippen LogP contribution is 2.31. The van der Waals surface area contributed by atoms with Crippen LogP contribution >= 0.6 is 11.6 Å². The summed E-state index contributed by atoms with van der Waals surface area (Å²) in [5.41, 5.74) is 2.20. The molecule has 2 aromatic rings. The molecule has 0 saturated heterocycles. The Morgan fingerprint density at radius 1 is 1.11 bits per heavy atom. The van der Waals surface area contributed by atoms with E-state index in [-0.39, 0.29) is 0 Å². The second-order valence-corrected chi connectivity index (χ2v) is 5.43. The lowest BCUT2D eigenvalue weighted by Crippen LogP contribution is -2.27. The van der Waals surface area contributed by atoms with Gasteiger partial charge in [0.1, 0.15) is 0 Å². The number of benzene rings is 2. The van der Waals surface area contributed by atoms with E-state index in [1.165, 1.54) is 0 Å². The lowest BCUT2D eigenvalue weighted by molar-refractivity contribution is 0.0327. The Labute approximate surface area is 119 Å². The van der Waals surface area contributed by atoms with Crippen molar-refractivity contribution in [2.75, 3.05) is 0 Å². The summed E-state index contributed by atoms with van der Waals surface area (Å²) in [4.78, 5) is 0. The molecular formula is C17H19ClO. The molecular weight excluding hydrogens is 256 g/mol. The molecule has 0 spiro atoms. The summed E-state index contributed by atoms with van der Waals surface area (Å²) in [6, 6.07) is 15.8. The van der Waals surface area contributed by atoms with Crippen molar-refractivity contribution >= 4 is 11.6 Å². The number of rotatable bonds is 4. The quantitative estimate of drug-likeness (QED) is 0.871. The third-order valence-electron chi connectivity index (χ3n) is 3.59. The van der Waals surface area contributed by atoms with Crippen LogP contribution < -0.4 is 0 Å². The van der Waals surface area contributed by atoms with E-state index in [0.717, 1.165) is 21.7 Å². The van der Waals surface area contributed by atoms with Crippen LogP contribution in [0.1, 0.15) is 30.0 Å². The summed E-state index contributed by atoms with van der Waals surface area (Å²) in [7, 11) is 0. The summed E-state index contributed by atoms with van der Waals surface area (Å²) in [6.07, 6.45) is 1.19. The van der Waals surface area contributed by atoms with Gasteiger partial charge in [0.25, 0.3) is 0 Å². The number of hydrogen-bond donors (Lipinski definition) is 1. The molecule has 2 heteroatoms. The van der Waals surface area contributed by atoms with Crippen LogP contribution in [0.4, 0.5) is 0 Å². The van der Waals surface area contributed by atoms with E-state index in [9.17, 15) is 5.11 Å². The van der Waals surface area contributed by atoms with Gasteiger partial charge in [-0.25, -0.2) is 0 Å². The van der Waals surface area contributed by atoms with Crippen molar-refractivity contribution in [1.29, 1.82) is 0 Å². The molecule has 1 unspecified atom stereocenters. The number of aliphatic hydroxyl groups is 1. The molecule has 1 N–H and O–H groups in total. The maximum Gasteiger partial charge on any atom is 0.0934 e. The first kappa shape index (κ1) is 14.1. The zero-order chi connectivity index (χ0) is 13.9. The maximum absolute atomic E-state index is 10.9. The minimum absolute atomic E-state index is 0.534. The first-order chi connectivity index (χ1) is 9.05. The highest BCUT2D eigenvalue weighted by molar-refractivity contribution is 6.31. The summed E-state index contributed by atoms with van der Waals surface area (Å²) >= 11 is 6.27. The van der Waals surface area contributed by atoms with E-state index >= 15 is 0 Å². The fourth-order valence-corrected chi connectivity index (χ4v) is 2.59. The minimum Gasteiger partial charge on any atom is -0.385 e. The van der Waals surface area contributed by atoms with E-state index in [4.69, 9.17) is 11.6 Å². The zero-order valence-corrected chi connectivity index (χ0v) is 12.1. The van der Waals surface area contributed by atoms with E-state index in [1.54, 1.807) is 0 Å². The first-order valence-corrected chi connectivity index (χ1v) is 6.96. The van der Waals surface area contributed by atoms with Gasteiger partial charge in [0.05, 0.1) is 5.60 Å². The second kappa shape index (κ2) is 5.77. The fourth-order valence-electron chi connectivity index (χ4n) is 2.29. The van der Waals surface area contributed by atoms with Crippen molar-refractivity contribution in [3.63, 3.8) is 0 Å². The van der Waals surface area contributed by atoms with Crippen LogP contribution in [0.3, 0.4) is 0 Å². The Kier molecular flexibility index (Phi) is 4.28. The van der Waals surface area contributed by atoms with Crippen LogP contribution in [0, 0.1) is 6.92 Å². The largest absolute Gasteiger partial charge is 0.385 e. The SMILES string of the molecule is CCC(O)(Cc1ccc(C)cc1Cl)c1ccccc1. The average molecular weight is 275 g/mol. The van der Waals surface area contributed by atoms with Crippen molar-refractivity contribution in [3.05, 3.63) is 70.2 Å². The van der Waals surface area contributed by atoms with Crippen LogP contribution in [-0.4, -0.2) is 5.11 Å². The van der Waals surface area contributed by atoms with Crippen LogP contribution in [0.5, 0.6) is 0 Å². The number of halogens is 1. The lowest BCUT2D eigenvalue weighted by atomic mass is 9.85. The molecule has 0 bridgehead atoms. The van der Waals surface area contributed by atoms with Gasteiger partial charge in [0, 0.05) is 11.4 Å². The van der Waals surface area contributed by atoms with Crippen molar-refractivity contribution in [1.82, 2.24) is 0 Å². The Morgan fingerprint density at radius 2 is 1.79 bits per heavy atom. The van der Waals surface area contributed by atoms with Gasteiger partial charge in [-0.3, -0.25) is 0 Å². The van der Waals surface area contributed by atoms with Crippen molar-refractivity contribution in [2.45, 2.75) is 32.3 Å². The molecule has 2 rings (SSSR count). The van der Waals surface area contributed by atoms with Gasteiger partial charge in [-0.2, -0.15) is 0 Å². The highest BCUT2D eigenvalue weighted by Gasteiger charge is 2.28. The van der Waals surface area contributed by atoms with Gasteiger partial charge in [0.2, 0.25) is 0 Å². The van der Waals surface area contributed by atoms with Crippen LogP contribution in [0.15, 0.2) is 48.5 Å². The van der Waals surface area contributed by atoms with E-state index in [1.807, 2.05) is 62.4 Å². The molecule has 1 nitrogen and oxygen atoms in total. The molecule has 0 heterocycles. The summed E-state index contributed by atoms with van der Waals surface area (Å²) in [5, 5.41) is 11.6. The molecule has 1 atom stereocenters. The molecule has 0 saturated carbocycles. The maximum atomic E-state index is 10.9. The monoisotopic (exact) mass is 274 g/mol. The molecule has 0 fully saturated rings. The van der Waals surface area contributed by atoms with Crippen LogP contribution in [-0.2, 0) is 12.0 Å². The molecule has 0 aliphatic carbocycles.